The minimum absolute atomic E-state index is 0.202. The van der Waals surface area contributed by atoms with Gasteiger partial charge < -0.3 is 5.32 Å². The molecule has 0 aliphatic carbocycles. The minimum atomic E-state index is 0.202. The predicted octanol–water partition coefficient (Wildman–Crippen LogP) is 0.934. The second-order valence-corrected chi connectivity index (χ2v) is 4.93. The molecule has 2 unspecified atom stereocenters. The van der Waals surface area contributed by atoms with Gasteiger partial charge in [0, 0.05) is 44.0 Å². The number of hydrogen-bond acceptors (Lipinski definition) is 3. The van der Waals surface area contributed by atoms with Crippen LogP contribution in [0.3, 0.4) is 0 Å². The van der Waals surface area contributed by atoms with Crippen molar-refractivity contribution >= 4 is 5.91 Å². The lowest BCUT2D eigenvalue weighted by atomic mass is 10.1. The van der Waals surface area contributed by atoms with Crippen LogP contribution in [0.4, 0.5) is 0 Å². The number of pyridine rings is 1. The summed E-state index contributed by atoms with van der Waals surface area (Å²) in [5.41, 5.74) is 1.23. The van der Waals surface area contributed by atoms with Crippen LogP contribution >= 0.6 is 0 Å². The molecule has 90 valence electrons. The summed E-state index contributed by atoms with van der Waals surface area (Å²) in [6, 6.07) is 5.00. The topological polar surface area (TPSA) is 45.2 Å². The Morgan fingerprint density at radius 2 is 2.29 bits per heavy atom. The number of carbonyl (C=O) groups is 1. The Labute approximate surface area is 101 Å². The normalized spacial score (nSPS) is 28.8. The lowest BCUT2D eigenvalue weighted by Gasteiger charge is -2.26. The van der Waals surface area contributed by atoms with Crippen LogP contribution in [0.25, 0.3) is 0 Å². The first-order valence-electron chi connectivity index (χ1n) is 6.24. The van der Waals surface area contributed by atoms with Crippen molar-refractivity contribution in [3.8, 4) is 0 Å². The molecule has 3 heterocycles. The molecule has 2 fully saturated rings. The maximum Gasteiger partial charge on any atom is 0.221 e. The first kappa shape index (κ1) is 10.7. The number of carbonyl (C=O) groups excluding carboxylic acids is 1. The minimum Gasteiger partial charge on any atom is -0.354 e. The van der Waals surface area contributed by atoms with Crippen LogP contribution in [0.2, 0.25) is 0 Å². The molecule has 1 amide bonds. The number of rotatable bonds is 2. The second kappa shape index (κ2) is 4.45. The average molecular weight is 231 g/mol. The molecule has 1 aromatic heterocycles. The number of hydrogen-bond donors (Lipinski definition) is 1. The third-order valence-electron chi connectivity index (χ3n) is 3.81. The van der Waals surface area contributed by atoms with Crippen LogP contribution in [-0.4, -0.2) is 34.4 Å². The zero-order valence-electron chi connectivity index (χ0n) is 9.80. The highest BCUT2D eigenvalue weighted by Crippen LogP contribution is 2.29. The molecule has 1 N–H and O–H groups in total. The summed E-state index contributed by atoms with van der Waals surface area (Å²) in [4.78, 5) is 18.1. The first-order chi connectivity index (χ1) is 8.33. The van der Waals surface area contributed by atoms with E-state index < -0.39 is 0 Å². The Morgan fingerprint density at radius 3 is 3.12 bits per heavy atom. The van der Waals surface area contributed by atoms with E-state index in [4.69, 9.17) is 0 Å². The summed E-state index contributed by atoms with van der Waals surface area (Å²) in [5, 5.41) is 3.00. The predicted molar refractivity (Wildman–Crippen MR) is 64.2 cm³/mol. The highest BCUT2D eigenvalue weighted by atomic mass is 16.1. The van der Waals surface area contributed by atoms with E-state index in [9.17, 15) is 4.79 Å². The highest BCUT2D eigenvalue weighted by Gasteiger charge is 2.36. The number of aromatic nitrogens is 1. The van der Waals surface area contributed by atoms with Gasteiger partial charge in [0.15, 0.2) is 0 Å². The standard InChI is InChI=1S/C13H17N3O/c17-13-6-11-3-4-12(8-15-13)16(11)9-10-2-1-5-14-7-10/h1-2,5,7,11-12H,3-4,6,8-9H2,(H,15,17). The number of nitrogens with one attached hydrogen (secondary N) is 1. The summed E-state index contributed by atoms with van der Waals surface area (Å²) in [6.07, 6.45) is 6.71. The van der Waals surface area contributed by atoms with Gasteiger partial charge in [-0.25, -0.2) is 0 Å². The van der Waals surface area contributed by atoms with E-state index in [1.165, 1.54) is 12.0 Å². The van der Waals surface area contributed by atoms with Crippen LogP contribution in [0, 0.1) is 0 Å². The van der Waals surface area contributed by atoms with Gasteiger partial charge in [-0.1, -0.05) is 6.07 Å². The van der Waals surface area contributed by atoms with Gasteiger partial charge in [0.05, 0.1) is 0 Å². The third-order valence-corrected chi connectivity index (χ3v) is 3.81. The van der Waals surface area contributed by atoms with E-state index in [2.05, 4.69) is 21.3 Å². The Kier molecular flexibility index (Phi) is 2.81. The smallest absolute Gasteiger partial charge is 0.221 e. The van der Waals surface area contributed by atoms with Gasteiger partial charge in [0.2, 0.25) is 5.91 Å². The molecule has 3 rings (SSSR count). The fourth-order valence-electron chi connectivity index (χ4n) is 2.93. The SMILES string of the molecule is O=C1CC2CCC(CN1)N2Cc1cccnc1. The second-order valence-electron chi connectivity index (χ2n) is 4.93. The third kappa shape index (κ3) is 2.17. The largest absolute Gasteiger partial charge is 0.354 e. The van der Waals surface area contributed by atoms with Gasteiger partial charge in [-0.15, -0.1) is 0 Å². The Balaban J connectivity index is 1.76. The molecule has 2 atom stereocenters. The number of nitrogens with zero attached hydrogens (tertiary/aromatic N) is 2. The maximum absolute atomic E-state index is 11.5. The van der Waals surface area contributed by atoms with Gasteiger partial charge in [0.1, 0.15) is 0 Å². The molecular weight excluding hydrogens is 214 g/mol. The summed E-state index contributed by atoms with van der Waals surface area (Å²) in [7, 11) is 0. The fourth-order valence-corrected chi connectivity index (χ4v) is 2.93. The first-order valence-corrected chi connectivity index (χ1v) is 6.24. The Bertz CT molecular complexity index is 406. The molecule has 1 aromatic rings. The van der Waals surface area contributed by atoms with E-state index >= 15 is 0 Å². The number of amides is 1. The lowest BCUT2D eigenvalue weighted by molar-refractivity contribution is -0.121. The van der Waals surface area contributed by atoms with Crippen molar-refractivity contribution < 1.29 is 4.79 Å². The van der Waals surface area contributed by atoms with E-state index in [1.54, 1.807) is 6.20 Å². The lowest BCUT2D eigenvalue weighted by Crippen LogP contribution is -2.37. The van der Waals surface area contributed by atoms with Crippen molar-refractivity contribution in [3.05, 3.63) is 30.1 Å². The van der Waals surface area contributed by atoms with Gasteiger partial charge in [0.25, 0.3) is 0 Å². The molecule has 0 spiro atoms. The van der Waals surface area contributed by atoms with Gasteiger partial charge in [-0.3, -0.25) is 14.7 Å². The van der Waals surface area contributed by atoms with Crippen molar-refractivity contribution in [3.63, 3.8) is 0 Å². The molecular formula is C13H17N3O. The molecule has 2 saturated heterocycles. The van der Waals surface area contributed by atoms with Crippen LogP contribution in [0.1, 0.15) is 24.8 Å². The molecule has 0 radical (unpaired) electrons. The average Bonchev–Trinajstić information content (AvgIpc) is 2.62. The highest BCUT2D eigenvalue weighted by molar-refractivity contribution is 5.77. The van der Waals surface area contributed by atoms with Crippen molar-refractivity contribution in [2.75, 3.05) is 6.54 Å². The Hall–Kier alpha value is -1.42. The van der Waals surface area contributed by atoms with Crippen molar-refractivity contribution in [1.82, 2.24) is 15.2 Å². The molecule has 0 saturated carbocycles. The summed E-state index contributed by atoms with van der Waals surface area (Å²) in [6.45, 7) is 1.72. The Morgan fingerprint density at radius 1 is 1.41 bits per heavy atom. The van der Waals surface area contributed by atoms with Crippen LogP contribution < -0.4 is 5.32 Å². The zero-order chi connectivity index (χ0) is 11.7. The monoisotopic (exact) mass is 231 g/mol. The molecule has 17 heavy (non-hydrogen) atoms. The summed E-state index contributed by atoms with van der Waals surface area (Å²) in [5.74, 6) is 0.202. The summed E-state index contributed by atoms with van der Waals surface area (Å²) >= 11 is 0. The fraction of sp³-hybridized carbons (Fsp3) is 0.538. The van der Waals surface area contributed by atoms with E-state index in [0.29, 0.717) is 18.5 Å². The molecule has 2 aliphatic rings. The maximum atomic E-state index is 11.5. The van der Waals surface area contributed by atoms with Gasteiger partial charge in [-0.05, 0) is 24.5 Å². The zero-order valence-corrected chi connectivity index (χ0v) is 9.80. The van der Waals surface area contributed by atoms with Crippen molar-refractivity contribution in [2.45, 2.75) is 37.9 Å². The van der Waals surface area contributed by atoms with Gasteiger partial charge in [-0.2, -0.15) is 0 Å². The van der Waals surface area contributed by atoms with Crippen LogP contribution in [0.5, 0.6) is 0 Å². The molecule has 4 nitrogen and oxygen atoms in total. The molecule has 2 aliphatic heterocycles. The van der Waals surface area contributed by atoms with E-state index in [1.807, 2.05) is 12.3 Å². The van der Waals surface area contributed by atoms with Crippen molar-refractivity contribution in [2.24, 2.45) is 0 Å². The molecule has 0 aromatic carbocycles. The van der Waals surface area contributed by atoms with Crippen molar-refractivity contribution in [1.29, 1.82) is 0 Å². The summed E-state index contributed by atoms with van der Waals surface area (Å²) < 4.78 is 0. The van der Waals surface area contributed by atoms with E-state index in [-0.39, 0.29) is 5.91 Å². The number of fused-ring (bicyclic) bond motifs is 2. The van der Waals surface area contributed by atoms with Gasteiger partial charge >= 0.3 is 0 Å². The van der Waals surface area contributed by atoms with Crippen LogP contribution in [0.15, 0.2) is 24.5 Å². The van der Waals surface area contributed by atoms with E-state index in [0.717, 1.165) is 19.5 Å². The molecule has 4 heteroatoms. The molecule has 2 bridgehead atoms. The quantitative estimate of drug-likeness (QED) is 0.823. The van der Waals surface area contributed by atoms with Crippen LogP contribution in [-0.2, 0) is 11.3 Å².